The zero-order valence-electron chi connectivity index (χ0n) is 13.3. The molecule has 0 aliphatic carbocycles. The number of hydrogen-bond donors (Lipinski definition) is 3. The lowest BCUT2D eigenvalue weighted by Crippen LogP contribution is -2.73. The Morgan fingerprint density at radius 2 is 2.00 bits per heavy atom. The Morgan fingerprint density at radius 1 is 1.36 bits per heavy atom. The number of fused-ring (bicyclic) bond motifs is 1. The minimum absolute atomic E-state index is 0.0488. The Morgan fingerprint density at radius 3 is 2.60 bits per heavy atom. The molecule has 4 N–H and O–H groups in total. The van der Waals surface area contributed by atoms with Gasteiger partial charge in [0.2, 0.25) is 5.91 Å². The lowest BCUT2D eigenvalue weighted by molar-refractivity contribution is -0.151. The van der Waals surface area contributed by atoms with Gasteiger partial charge < -0.3 is 16.2 Å². The van der Waals surface area contributed by atoms with Crippen LogP contribution in [0.1, 0.15) is 18.5 Å². The number of nitrogens with zero attached hydrogens (tertiary/aromatic N) is 1. The highest BCUT2D eigenvalue weighted by atomic mass is 32.2. The number of β-lactam (4-membered cyclic amide) rings is 1. The molecule has 0 spiro atoms. The number of rotatable bonds is 4. The molecular weight excluding hydrogens is 346 g/mol. The summed E-state index contributed by atoms with van der Waals surface area (Å²) in [7, 11) is -1.49. The van der Waals surface area contributed by atoms with Gasteiger partial charge in [-0.05, 0) is 18.1 Å². The Hall–Kier alpha value is -2.52. The standard InChI is InChI=1S/C16H17N3O5S/c1-8-7-25(24)15-11(14(21)19(15)12(8)16(22)23)18-13(20)10(17)9-5-3-2-4-6-9/h2-6,10-11,15H,7,17H2,1H3,(H,18,20)(H,22,23)/t10-,11-,15?,25?/m1/s1. The maximum Gasteiger partial charge on any atom is 0.352 e. The largest absolute Gasteiger partial charge is 0.477 e. The fraction of sp³-hybridized carbons (Fsp3) is 0.312. The number of aliphatic carboxylic acids is 1. The van der Waals surface area contributed by atoms with Gasteiger partial charge in [-0.25, -0.2) is 4.79 Å². The minimum atomic E-state index is -1.49. The molecule has 0 aromatic heterocycles. The van der Waals surface area contributed by atoms with Crippen LogP contribution in [-0.2, 0) is 25.2 Å². The molecule has 4 atom stereocenters. The monoisotopic (exact) mass is 363 g/mol. The molecule has 9 heteroatoms. The second kappa shape index (κ2) is 6.41. The van der Waals surface area contributed by atoms with E-state index in [1.54, 1.807) is 30.3 Å². The van der Waals surface area contributed by atoms with Crippen LogP contribution in [0.15, 0.2) is 41.6 Å². The van der Waals surface area contributed by atoms with E-state index in [1.165, 1.54) is 6.92 Å². The zero-order chi connectivity index (χ0) is 18.3. The van der Waals surface area contributed by atoms with E-state index < -0.39 is 46.0 Å². The van der Waals surface area contributed by atoms with Crippen molar-refractivity contribution in [2.45, 2.75) is 24.4 Å². The molecule has 2 aliphatic rings. The van der Waals surface area contributed by atoms with Crippen molar-refractivity contribution in [3.05, 3.63) is 47.2 Å². The summed E-state index contributed by atoms with van der Waals surface area (Å²) >= 11 is 0. The number of carbonyl (C=O) groups is 3. The molecule has 3 rings (SSSR count). The number of nitrogens with one attached hydrogen (secondary N) is 1. The summed E-state index contributed by atoms with van der Waals surface area (Å²) in [6.07, 6.45) is 0. The Labute approximate surface area is 146 Å². The second-order valence-corrected chi connectivity index (χ2v) is 7.47. The van der Waals surface area contributed by atoms with Gasteiger partial charge in [0, 0.05) is 5.75 Å². The van der Waals surface area contributed by atoms with Gasteiger partial charge in [0.1, 0.15) is 23.2 Å². The first-order valence-corrected chi connectivity index (χ1v) is 8.95. The van der Waals surface area contributed by atoms with Crippen LogP contribution in [0.2, 0.25) is 0 Å². The van der Waals surface area contributed by atoms with Gasteiger partial charge in [-0.1, -0.05) is 30.3 Å². The lowest BCUT2D eigenvalue weighted by Gasteiger charge is -2.49. The number of carbonyl (C=O) groups excluding carboxylic acids is 2. The van der Waals surface area contributed by atoms with E-state index in [4.69, 9.17) is 5.73 Å². The molecule has 0 radical (unpaired) electrons. The molecule has 8 nitrogen and oxygen atoms in total. The van der Waals surface area contributed by atoms with E-state index in [0.717, 1.165) is 4.90 Å². The number of carboxylic acid groups (broad SMARTS) is 1. The average molecular weight is 363 g/mol. The van der Waals surface area contributed by atoms with Crippen molar-refractivity contribution in [1.82, 2.24) is 10.2 Å². The molecule has 0 saturated carbocycles. The quantitative estimate of drug-likeness (QED) is 0.616. The van der Waals surface area contributed by atoms with E-state index in [9.17, 15) is 23.7 Å². The van der Waals surface area contributed by atoms with Gasteiger partial charge >= 0.3 is 5.97 Å². The number of nitrogens with two attached hydrogens (primary N) is 1. The summed E-state index contributed by atoms with van der Waals surface area (Å²) < 4.78 is 12.3. The molecule has 1 fully saturated rings. The van der Waals surface area contributed by atoms with E-state index in [2.05, 4.69) is 5.32 Å². The molecule has 132 valence electrons. The molecule has 2 aliphatic heterocycles. The Balaban J connectivity index is 1.78. The number of amides is 2. The maximum atomic E-state index is 12.3. The van der Waals surface area contributed by atoms with Crippen LogP contribution in [0, 0.1) is 0 Å². The highest BCUT2D eigenvalue weighted by Crippen LogP contribution is 2.34. The second-order valence-electron chi connectivity index (χ2n) is 5.93. The highest BCUT2D eigenvalue weighted by molar-refractivity contribution is 7.86. The average Bonchev–Trinajstić information content (AvgIpc) is 2.58. The third-order valence-electron chi connectivity index (χ3n) is 4.26. The molecule has 2 heterocycles. The van der Waals surface area contributed by atoms with Crippen LogP contribution < -0.4 is 11.1 Å². The Bertz CT molecular complexity index is 807. The molecule has 25 heavy (non-hydrogen) atoms. The van der Waals surface area contributed by atoms with Crippen LogP contribution in [0.3, 0.4) is 0 Å². The lowest BCUT2D eigenvalue weighted by atomic mass is 10.0. The fourth-order valence-corrected chi connectivity index (χ4v) is 4.68. The van der Waals surface area contributed by atoms with Crippen LogP contribution in [0.5, 0.6) is 0 Å². The molecule has 2 amide bonds. The summed E-state index contributed by atoms with van der Waals surface area (Å²) in [6.45, 7) is 1.53. The first-order chi connectivity index (χ1) is 11.8. The normalized spacial score (nSPS) is 26.6. The summed E-state index contributed by atoms with van der Waals surface area (Å²) in [5, 5.41) is 10.9. The van der Waals surface area contributed by atoms with Gasteiger partial charge in [0.15, 0.2) is 0 Å². The van der Waals surface area contributed by atoms with Crippen molar-refractivity contribution >= 4 is 28.6 Å². The highest BCUT2D eigenvalue weighted by Gasteiger charge is 2.56. The molecule has 1 saturated heterocycles. The number of carboxylic acids is 1. The zero-order valence-corrected chi connectivity index (χ0v) is 14.2. The molecule has 0 bridgehead atoms. The predicted molar refractivity (Wildman–Crippen MR) is 89.3 cm³/mol. The van der Waals surface area contributed by atoms with Crippen LogP contribution in [-0.4, -0.2) is 49.2 Å². The topological polar surface area (TPSA) is 130 Å². The Kier molecular flexibility index (Phi) is 4.44. The van der Waals surface area contributed by atoms with Crippen molar-refractivity contribution < 1.29 is 23.7 Å². The third kappa shape index (κ3) is 2.85. The van der Waals surface area contributed by atoms with E-state index in [1.807, 2.05) is 0 Å². The van der Waals surface area contributed by atoms with Crippen LogP contribution in [0.4, 0.5) is 0 Å². The maximum absolute atomic E-state index is 12.3. The smallest absolute Gasteiger partial charge is 0.352 e. The van der Waals surface area contributed by atoms with Crippen LogP contribution >= 0.6 is 0 Å². The van der Waals surface area contributed by atoms with Gasteiger partial charge in [-0.3, -0.25) is 18.7 Å². The van der Waals surface area contributed by atoms with Gasteiger partial charge in [0.05, 0.1) is 10.8 Å². The van der Waals surface area contributed by atoms with E-state index in [0.29, 0.717) is 11.1 Å². The van der Waals surface area contributed by atoms with E-state index in [-0.39, 0.29) is 11.4 Å². The van der Waals surface area contributed by atoms with Crippen molar-refractivity contribution in [2.24, 2.45) is 5.73 Å². The molecular formula is C16H17N3O5S. The van der Waals surface area contributed by atoms with Crippen molar-refractivity contribution in [3.63, 3.8) is 0 Å². The van der Waals surface area contributed by atoms with Gasteiger partial charge in [0.25, 0.3) is 5.91 Å². The molecule has 1 aromatic rings. The fourth-order valence-electron chi connectivity index (χ4n) is 3.02. The summed E-state index contributed by atoms with van der Waals surface area (Å²) in [5.74, 6) is -2.38. The van der Waals surface area contributed by atoms with Gasteiger partial charge in [-0.15, -0.1) is 0 Å². The molecule has 2 unspecified atom stereocenters. The minimum Gasteiger partial charge on any atom is -0.477 e. The van der Waals surface area contributed by atoms with Crippen LogP contribution in [0.25, 0.3) is 0 Å². The summed E-state index contributed by atoms with van der Waals surface area (Å²) in [6, 6.07) is 6.62. The third-order valence-corrected chi connectivity index (χ3v) is 6.00. The first-order valence-electron chi connectivity index (χ1n) is 7.57. The number of hydrogen-bond acceptors (Lipinski definition) is 5. The molecule has 1 aromatic carbocycles. The van der Waals surface area contributed by atoms with E-state index >= 15 is 0 Å². The number of benzene rings is 1. The predicted octanol–water partition coefficient (Wildman–Crippen LogP) is -0.540. The van der Waals surface area contributed by atoms with Crippen molar-refractivity contribution in [3.8, 4) is 0 Å². The van der Waals surface area contributed by atoms with Crippen molar-refractivity contribution in [2.75, 3.05) is 5.75 Å². The SMILES string of the molecule is CC1=C(C(=O)O)N2C(=O)[C@@H](NC(=O)[C@H](N)c3ccccc3)C2S(=O)C1. The summed E-state index contributed by atoms with van der Waals surface area (Å²) in [4.78, 5) is 37.0. The first kappa shape index (κ1) is 17.3. The van der Waals surface area contributed by atoms with Gasteiger partial charge in [-0.2, -0.15) is 0 Å². The van der Waals surface area contributed by atoms with Crippen molar-refractivity contribution in [1.29, 1.82) is 0 Å². The summed E-state index contributed by atoms with van der Waals surface area (Å²) in [5.41, 5.74) is 6.69.